The number of hydrogen-bond acceptors (Lipinski definition) is 8. The molecule has 1 aliphatic rings. The van der Waals surface area contributed by atoms with Crippen molar-refractivity contribution in [1.29, 1.82) is 0 Å². The molecule has 1 aromatic carbocycles. The predicted molar refractivity (Wildman–Crippen MR) is 134 cm³/mol. The fourth-order valence-electron chi connectivity index (χ4n) is 3.86. The molecule has 10 heteroatoms. The molecule has 0 saturated carbocycles. The number of furan rings is 1. The van der Waals surface area contributed by atoms with E-state index in [-0.39, 0.29) is 12.5 Å². The molecule has 1 saturated heterocycles. The van der Waals surface area contributed by atoms with Gasteiger partial charge in [-0.3, -0.25) is 9.69 Å². The zero-order valence-corrected chi connectivity index (χ0v) is 20.1. The van der Waals surface area contributed by atoms with Crippen LogP contribution < -0.4 is 10.2 Å². The molecule has 1 amide bonds. The normalized spacial score (nSPS) is 14.4. The van der Waals surface area contributed by atoms with Gasteiger partial charge in [-0.05, 0) is 37.3 Å². The number of aromatic nitrogens is 3. The number of benzene rings is 1. The Morgan fingerprint density at radius 1 is 1.15 bits per heavy atom. The molecule has 0 aliphatic carbocycles. The average Bonchev–Trinajstić information content (AvgIpc) is 3.51. The van der Waals surface area contributed by atoms with Crippen LogP contribution in [0.15, 0.2) is 58.5 Å². The van der Waals surface area contributed by atoms with Crippen molar-refractivity contribution in [2.45, 2.75) is 6.92 Å². The van der Waals surface area contributed by atoms with Crippen LogP contribution in [-0.4, -0.2) is 58.5 Å². The summed E-state index contributed by atoms with van der Waals surface area (Å²) in [6.45, 7) is 5.38. The summed E-state index contributed by atoms with van der Waals surface area (Å²) >= 11 is 7.60. The van der Waals surface area contributed by atoms with E-state index in [1.54, 1.807) is 12.3 Å². The lowest BCUT2D eigenvalue weighted by Gasteiger charge is -2.35. The first-order valence-electron chi connectivity index (χ1n) is 10.9. The fraction of sp³-hybridized carbons (Fsp3) is 0.250. The van der Waals surface area contributed by atoms with Crippen molar-refractivity contribution < 1.29 is 9.21 Å². The standard InChI is InChI=1S/C24H23ClN6O2S/c1-16-5-6-20(33-16)23-27-19(24-26-7-12-34-24)14-21(29-23)28-22(32)15-30-8-10-31(11-9-30)18-4-2-3-17(25)13-18/h2-7,12-14H,8-11,15H2,1H3,(H,27,28,29,32). The van der Waals surface area contributed by atoms with Crippen LogP contribution in [0.3, 0.4) is 0 Å². The van der Waals surface area contributed by atoms with Gasteiger partial charge in [-0.25, -0.2) is 15.0 Å². The number of aryl methyl sites for hydroxylation is 1. The third kappa shape index (κ3) is 5.27. The molecule has 0 unspecified atom stereocenters. The Balaban J connectivity index is 1.26. The van der Waals surface area contributed by atoms with Crippen LogP contribution in [0.5, 0.6) is 0 Å². The van der Waals surface area contributed by atoms with Gasteiger partial charge in [0.05, 0.1) is 6.54 Å². The summed E-state index contributed by atoms with van der Waals surface area (Å²) in [6, 6.07) is 13.3. The Morgan fingerprint density at radius 2 is 2.00 bits per heavy atom. The first-order valence-corrected chi connectivity index (χ1v) is 12.2. The number of amides is 1. The third-order valence-corrected chi connectivity index (χ3v) is 6.55. The van der Waals surface area contributed by atoms with Gasteiger partial charge in [0, 0.05) is 54.5 Å². The van der Waals surface area contributed by atoms with E-state index >= 15 is 0 Å². The quantitative estimate of drug-likeness (QED) is 0.419. The number of rotatable bonds is 6. The number of thiazole rings is 1. The minimum Gasteiger partial charge on any atom is -0.458 e. The maximum Gasteiger partial charge on any atom is 0.239 e. The molecule has 174 valence electrons. The van der Waals surface area contributed by atoms with E-state index in [1.165, 1.54) is 11.3 Å². The van der Waals surface area contributed by atoms with Crippen LogP contribution in [0.1, 0.15) is 5.76 Å². The highest BCUT2D eigenvalue weighted by molar-refractivity contribution is 7.13. The summed E-state index contributed by atoms with van der Waals surface area (Å²) in [5, 5.41) is 6.29. The predicted octanol–water partition coefficient (Wildman–Crippen LogP) is 4.58. The molecule has 8 nitrogen and oxygen atoms in total. The van der Waals surface area contributed by atoms with E-state index in [1.807, 2.05) is 42.6 Å². The SMILES string of the molecule is Cc1ccc(-c2nc(NC(=O)CN3CCN(c4cccc(Cl)c4)CC3)cc(-c3nccs3)n2)o1. The van der Waals surface area contributed by atoms with Crippen molar-refractivity contribution >= 4 is 40.4 Å². The van der Waals surface area contributed by atoms with Crippen molar-refractivity contribution in [3.05, 3.63) is 64.8 Å². The molecule has 34 heavy (non-hydrogen) atoms. The van der Waals surface area contributed by atoms with Crippen LogP contribution in [0, 0.1) is 6.92 Å². The first kappa shape index (κ1) is 22.5. The average molecular weight is 495 g/mol. The van der Waals surface area contributed by atoms with Crippen LogP contribution in [-0.2, 0) is 4.79 Å². The molecule has 1 aliphatic heterocycles. The molecule has 0 spiro atoms. The number of piperazine rings is 1. The van der Waals surface area contributed by atoms with Gasteiger partial charge in [-0.15, -0.1) is 11.3 Å². The number of carbonyl (C=O) groups is 1. The smallest absolute Gasteiger partial charge is 0.239 e. The Bertz CT molecular complexity index is 1280. The molecule has 0 atom stereocenters. The van der Waals surface area contributed by atoms with Crippen molar-refractivity contribution in [3.8, 4) is 22.3 Å². The van der Waals surface area contributed by atoms with Crippen LogP contribution >= 0.6 is 22.9 Å². The summed E-state index contributed by atoms with van der Waals surface area (Å²) in [4.78, 5) is 30.7. The molecule has 3 aromatic heterocycles. The maximum atomic E-state index is 12.8. The lowest BCUT2D eigenvalue weighted by molar-refractivity contribution is -0.117. The third-order valence-electron chi connectivity index (χ3n) is 5.52. The van der Waals surface area contributed by atoms with E-state index < -0.39 is 0 Å². The Morgan fingerprint density at radius 3 is 2.71 bits per heavy atom. The number of halogens is 1. The Kier molecular flexibility index (Phi) is 6.57. The highest BCUT2D eigenvalue weighted by Gasteiger charge is 2.20. The number of nitrogens with zero attached hydrogens (tertiary/aromatic N) is 5. The van der Waals surface area contributed by atoms with Gasteiger partial charge < -0.3 is 14.6 Å². The molecular weight excluding hydrogens is 472 g/mol. The van der Waals surface area contributed by atoms with Gasteiger partial charge in [0.1, 0.15) is 22.3 Å². The van der Waals surface area contributed by atoms with Gasteiger partial charge >= 0.3 is 0 Å². The summed E-state index contributed by atoms with van der Waals surface area (Å²) in [7, 11) is 0. The summed E-state index contributed by atoms with van der Waals surface area (Å²) < 4.78 is 5.70. The van der Waals surface area contributed by atoms with Crippen molar-refractivity contribution in [2.24, 2.45) is 0 Å². The van der Waals surface area contributed by atoms with Crippen LogP contribution in [0.4, 0.5) is 11.5 Å². The van der Waals surface area contributed by atoms with Crippen molar-refractivity contribution in [2.75, 3.05) is 42.9 Å². The monoisotopic (exact) mass is 494 g/mol. The van der Waals surface area contributed by atoms with E-state index in [2.05, 4.69) is 36.1 Å². The van der Waals surface area contributed by atoms with Gasteiger partial charge in [0.25, 0.3) is 0 Å². The number of anilines is 2. The highest BCUT2D eigenvalue weighted by atomic mass is 35.5. The van der Waals surface area contributed by atoms with Gasteiger partial charge in [-0.2, -0.15) is 0 Å². The number of hydrogen-bond donors (Lipinski definition) is 1. The Labute approximate surface area is 206 Å². The van der Waals surface area contributed by atoms with Gasteiger partial charge in [0.2, 0.25) is 5.91 Å². The van der Waals surface area contributed by atoms with Crippen molar-refractivity contribution in [1.82, 2.24) is 19.9 Å². The van der Waals surface area contributed by atoms with E-state index in [0.717, 1.165) is 47.7 Å². The van der Waals surface area contributed by atoms with Crippen molar-refractivity contribution in [3.63, 3.8) is 0 Å². The molecule has 1 N–H and O–H groups in total. The van der Waals surface area contributed by atoms with E-state index in [9.17, 15) is 4.79 Å². The number of nitrogens with one attached hydrogen (secondary N) is 1. The molecule has 5 rings (SSSR count). The summed E-state index contributed by atoms with van der Waals surface area (Å²) in [5.74, 6) is 2.02. The number of carbonyl (C=O) groups excluding carboxylic acids is 1. The second kappa shape index (κ2) is 9.92. The zero-order chi connectivity index (χ0) is 23.5. The molecule has 0 bridgehead atoms. The van der Waals surface area contributed by atoms with Gasteiger partial charge in [-0.1, -0.05) is 17.7 Å². The maximum absolute atomic E-state index is 12.8. The highest BCUT2D eigenvalue weighted by Crippen LogP contribution is 2.27. The van der Waals surface area contributed by atoms with Crippen LogP contribution in [0.25, 0.3) is 22.3 Å². The first-order chi connectivity index (χ1) is 16.5. The molecule has 1 fully saturated rings. The lowest BCUT2D eigenvalue weighted by Crippen LogP contribution is -2.48. The van der Waals surface area contributed by atoms with Gasteiger partial charge in [0.15, 0.2) is 11.6 Å². The molecule has 4 aromatic rings. The fourth-order valence-corrected chi connectivity index (χ4v) is 4.64. The Hall–Kier alpha value is -3.27. The summed E-state index contributed by atoms with van der Waals surface area (Å²) in [5.41, 5.74) is 1.74. The zero-order valence-electron chi connectivity index (χ0n) is 18.6. The molecular formula is C24H23ClN6O2S. The van der Waals surface area contributed by atoms with E-state index in [0.29, 0.717) is 23.1 Å². The van der Waals surface area contributed by atoms with E-state index in [4.69, 9.17) is 16.0 Å². The minimum atomic E-state index is -0.124. The lowest BCUT2D eigenvalue weighted by atomic mass is 10.2. The topological polar surface area (TPSA) is 87.4 Å². The summed E-state index contributed by atoms with van der Waals surface area (Å²) in [6.07, 6.45) is 1.72. The second-order valence-electron chi connectivity index (χ2n) is 8.00. The molecule has 0 radical (unpaired) electrons. The molecule has 4 heterocycles. The largest absolute Gasteiger partial charge is 0.458 e. The van der Waals surface area contributed by atoms with Crippen LogP contribution in [0.2, 0.25) is 5.02 Å². The second-order valence-corrected chi connectivity index (χ2v) is 9.33. The minimum absolute atomic E-state index is 0.124.